The zero-order chi connectivity index (χ0) is 19.5. The maximum atomic E-state index is 12.6. The van der Waals surface area contributed by atoms with Gasteiger partial charge >= 0.3 is 6.03 Å². The molecule has 146 valence electrons. The van der Waals surface area contributed by atoms with Gasteiger partial charge in [-0.1, -0.05) is 6.07 Å². The first-order chi connectivity index (χ1) is 13.6. The summed E-state index contributed by atoms with van der Waals surface area (Å²) in [6.07, 6.45) is 3.22. The molecule has 0 spiro atoms. The fourth-order valence-electron chi connectivity index (χ4n) is 3.24. The van der Waals surface area contributed by atoms with Crippen LogP contribution in [0.5, 0.6) is 5.75 Å². The van der Waals surface area contributed by atoms with Crippen LogP contribution in [-0.2, 0) is 0 Å². The third kappa shape index (κ3) is 3.83. The largest absolute Gasteiger partial charge is 0.491 e. The predicted octanol–water partition coefficient (Wildman–Crippen LogP) is 2.49. The first kappa shape index (κ1) is 18.0. The third-order valence-electron chi connectivity index (χ3n) is 4.53. The van der Waals surface area contributed by atoms with Gasteiger partial charge in [-0.05, 0) is 26.0 Å². The van der Waals surface area contributed by atoms with Crippen molar-refractivity contribution in [2.24, 2.45) is 0 Å². The Morgan fingerprint density at radius 2 is 2.00 bits per heavy atom. The lowest BCUT2D eigenvalue weighted by Gasteiger charge is -2.35. The number of anilines is 2. The number of H-pyrrole nitrogens is 1. The molecule has 0 aliphatic carbocycles. The Balaban J connectivity index is 1.37. The van der Waals surface area contributed by atoms with Crippen molar-refractivity contribution in [1.29, 1.82) is 0 Å². The lowest BCUT2D eigenvalue weighted by molar-refractivity contribution is 0.208. The summed E-state index contributed by atoms with van der Waals surface area (Å²) in [6.45, 7) is 6.53. The van der Waals surface area contributed by atoms with Gasteiger partial charge in [-0.15, -0.1) is 0 Å². The highest BCUT2D eigenvalue weighted by atomic mass is 16.5. The molecule has 1 aliphatic heterocycles. The maximum Gasteiger partial charge on any atom is 0.321 e. The van der Waals surface area contributed by atoms with Crippen LogP contribution in [0.15, 0.2) is 36.9 Å². The SMILES string of the molecule is CC(C)Oc1cccc(NC(=O)N2CCN(c3ncnc4nc[nH]c34)CC2)c1. The highest BCUT2D eigenvalue weighted by Gasteiger charge is 2.23. The maximum absolute atomic E-state index is 12.6. The lowest BCUT2D eigenvalue weighted by Crippen LogP contribution is -2.50. The Labute approximate surface area is 162 Å². The average molecular weight is 381 g/mol. The van der Waals surface area contributed by atoms with Crippen LogP contribution in [0.25, 0.3) is 11.2 Å². The fraction of sp³-hybridized carbons (Fsp3) is 0.368. The van der Waals surface area contributed by atoms with E-state index in [1.165, 1.54) is 6.33 Å². The Bertz CT molecular complexity index is 964. The number of hydrogen-bond donors (Lipinski definition) is 2. The topological polar surface area (TPSA) is 99.3 Å². The number of piperazine rings is 1. The number of nitrogens with one attached hydrogen (secondary N) is 2. The number of benzene rings is 1. The normalized spacial score (nSPS) is 14.5. The van der Waals surface area contributed by atoms with Gasteiger partial charge < -0.3 is 24.8 Å². The molecule has 9 nitrogen and oxygen atoms in total. The van der Waals surface area contributed by atoms with Crippen LogP contribution >= 0.6 is 0 Å². The van der Waals surface area contributed by atoms with E-state index in [-0.39, 0.29) is 12.1 Å². The van der Waals surface area contributed by atoms with Crippen molar-refractivity contribution in [2.75, 3.05) is 36.4 Å². The van der Waals surface area contributed by atoms with Crippen molar-refractivity contribution < 1.29 is 9.53 Å². The van der Waals surface area contributed by atoms with Crippen molar-refractivity contribution in [3.63, 3.8) is 0 Å². The second-order valence-corrected chi connectivity index (χ2v) is 6.90. The summed E-state index contributed by atoms with van der Waals surface area (Å²) in [7, 11) is 0. The summed E-state index contributed by atoms with van der Waals surface area (Å²) in [5, 5.41) is 2.95. The van der Waals surface area contributed by atoms with Crippen LogP contribution in [-0.4, -0.2) is 63.1 Å². The highest BCUT2D eigenvalue weighted by molar-refractivity contribution is 5.90. The molecular formula is C19H23N7O2. The highest BCUT2D eigenvalue weighted by Crippen LogP contribution is 2.22. The average Bonchev–Trinajstić information content (AvgIpc) is 3.17. The molecule has 3 aromatic rings. The molecule has 0 unspecified atom stereocenters. The molecule has 2 amide bonds. The van der Waals surface area contributed by atoms with Gasteiger partial charge in [0, 0.05) is 37.9 Å². The molecule has 2 aromatic heterocycles. The van der Waals surface area contributed by atoms with E-state index < -0.39 is 0 Å². The summed E-state index contributed by atoms with van der Waals surface area (Å²) in [4.78, 5) is 32.4. The van der Waals surface area contributed by atoms with Crippen molar-refractivity contribution in [3.8, 4) is 5.75 Å². The molecule has 0 radical (unpaired) electrons. The number of hydrogen-bond acceptors (Lipinski definition) is 6. The van der Waals surface area contributed by atoms with Crippen molar-refractivity contribution in [2.45, 2.75) is 20.0 Å². The van der Waals surface area contributed by atoms with Crippen LogP contribution < -0.4 is 15.0 Å². The molecule has 3 heterocycles. The summed E-state index contributed by atoms with van der Waals surface area (Å²) in [5.74, 6) is 1.56. The van der Waals surface area contributed by atoms with Crippen molar-refractivity contribution in [3.05, 3.63) is 36.9 Å². The summed E-state index contributed by atoms with van der Waals surface area (Å²) < 4.78 is 5.68. The Morgan fingerprint density at radius 3 is 2.79 bits per heavy atom. The molecule has 28 heavy (non-hydrogen) atoms. The van der Waals surface area contributed by atoms with Crippen LogP contribution in [0.2, 0.25) is 0 Å². The minimum atomic E-state index is -0.115. The molecule has 9 heteroatoms. The predicted molar refractivity (Wildman–Crippen MR) is 107 cm³/mol. The number of ether oxygens (including phenoxy) is 1. The van der Waals surface area contributed by atoms with E-state index in [2.05, 4.69) is 30.2 Å². The minimum Gasteiger partial charge on any atom is -0.491 e. The number of fused-ring (bicyclic) bond motifs is 1. The molecular weight excluding hydrogens is 358 g/mol. The Hall–Kier alpha value is -3.36. The number of amides is 2. The molecule has 0 saturated carbocycles. The number of nitrogens with zero attached hydrogens (tertiary/aromatic N) is 5. The second-order valence-electron chi connectivity index (χ2n) is 6.90. The van der Waals surface area contributed by atoms with Gasteiger partial charge in [-0.2, -0.15) is 0 Å². The van der Waals surface area contributed by atoms with Gasteiger partial charge in [-0.3, -0.25) is 0 Å². The standard InChI is InChI=1S/C19H23N7O2/c1-13(2)28-15-5-3-4-14(10-15)24-19(27)26-8-6-25(7-9-26)18-16-17(21-11-20-16)22-12-23-18/h3-5,10-13H,6-9H2,1-2H3,(H,24,27)(H,20,21,22,23). The molecule has 4 rings (SSSR count). The van der Waals surface area contributed by atoms with Crippen LogP contribution in [0.1, 0.15) is 13.8 Å². The van der Waals surface area contributed by atoms with E-state index >= 15 is 0 Å². The zero-order valence-corrected chi connectivity index (χ0v) is 15.9. The molecule has 1 aromatic carbocycles. The molecule has 1 fully saturated rings. The first-order valence-corrected chi connectivity index (χ1v) is 9.32. The van der Waals surface area contributed by atoms with Gasteiger partial charge in [0.05, 0.1) is 12.4 Å². The van der Waals surface area contributed by atoms with Crippen molar-refractivity contribution in [1.82, 2.24) is 24.8 Å². The van der Waals surface area contributed by atoms with Gasteiger partial charge in [0.15, 0.2) is 11.5 Å². The fourth-order valence-corrected chi connectivity index (χ4v) is 3.24. The number of rotatable bonds is 4. The number of urea groups is 1. The number of imidazole rings is 1. The Kier molecular flexibility index (Phi) is 4.96. The lowest BCUT2D eigenvalue weighted by atomic mass is 10.3. The summed E-state index contributed by atoms with van der Waals surface area (Å²) >= 11 is 0. The van der Waals surface area contributed by atoms with Gasteiger partial charge in [0.2, 0.25) is 0 Å². The number of carbonyl (C=O) groups excluding carboxylic acids is 1. The summed E-state index contributed by atoms with van der Waals surface area (Å²) in [6, 6.07) is 7.33. The van der Waals surface area contributed by atoms with E-state index in [4.69, 9.17) is 4.74 Å². The number of carbonyl (C=O) groups is 1. The quantitative estimate of drug-likeness (QED) is 0.720. The summed E-state index contributed by atoms with van der Waals surface area (Å²) in [5.41, 5.74) is 2.19. The van der Waals surface area contributed by atoms with Gasteiger partial charge in [0.1, 0.15) is 17.6 Å². The van der Waals surface area contributed by atoms with Crippen LogP contribution in [0.3, 0.4) is 0 Å². The Morgan fingerprint density at radius 1 is 1.18 bits per heavy atom. The molecule has 0 atom stereocenters. The zero-order valence-electron chi connectivity index (χ0n) is 15.9. The smallest absolute Gasteiger partial charge is 0.321 e. The number of aromatic amines is 1. The van der Waals surface area contributed by atoms with Crippen LogP contribution in [0.4, 0.5) is 16.3 Å². The number of aromatic nitrogens is 4. The van der Waals surface area contributed by atoms with E-state index in [0.717, 1.165) is 22.8 Å². The van der Waals surface area contributed by atoms with Gasteiger partial charge in [-0.25, -0.2) is 19.7 Å². The van der Waals surface area contributed by atoms with E-state index in [0.29, 0.717) is 31.8 Å². The van der Waals surface area contributed by atoms with Crippen molar-refractivity contribution >= 4 is 28.7 Å². The van der Waals surface area contributed by atoms with Gasteiger partial charge in [0.25, 0.3) is 0 Å². The van der Waals surface area contributed by atoms with Crippen LogP contribution in [0, 0.1) is 0 Å². The van der Waals surface area contributed by atoms with E-state index in [1.54, 1.807) is 11.2 Å². The molecule has 1 aliphatic rings. The van der Waals surface area contributed by atoms with E-state index in [9.17, 15) is 4.79 Å². The molecule has 2 N–H and O–H groups in total. The monoisotopic (exact) mass is 381 g/mol. The first-order valence-electron chi connectivity index (χ1n) is 9.32. The minimum absolute atomic E-state index is 0.0853. The third-order valence-corrected chi connectivity index (χ3v) is 4.53. The molecule has 0 bridgehead atoms. The molecule has 1 saturated heterocycles. The van der Waals surface area contributed by atoms with E-state index in [1.807, 2.05) is 38.1 Å². The second kappa shape index (κ2) is 7.71.